The molecule has 3 aliphatic carbocycles. The van der Waals surface area contributed by atoms with Gasteiger partial charge in [-0.25, -0.2) is 0 Å². The van der Waals surface area contributed by atoms with Gasteiger partial charge in [0.15, 0.2) is 11.5 Å². The maximum atomic E-state index is 14.7. The molecule has 10 nitrogen and oxygen atoms in total. The molecule has 3 saturated carbocycles. The highest BCUT2D eigenvalue weighted by atomic mass is 35.5. The van der Waals surface area contributed by atoms with E-state index in [1.165, 1.54) is 13.8 Å². The normalized spacial score (nSPS) is 25.3. The fourth-order valence-electron chi connectivity index (χ4n) is 9.53. The van der Waals surface area contributed by atoms with Crippen LogP contribution >= 0.6 is 23.2 Å². The van der Waals surface area contributed by atoms with Gasteiger partial charge in [-0.15, -0.1) is 23.2 Å². The average molecular weight is 720 g/mol. The van der Waals surface area contributed by atoms with Crippen molar-refractivity contribution in [3.63, 3.8) is 0 Å². The number of nitrogens with one attached hydrogen (secondary N) is 2. The summed E-state index contributed by atoms with van der Waals surface area (Å²) in [6, 6.07) is 3.61. The maximum absolute atomic E-state index is 14.7. The van der Waals surface area contributed by atoms with Crippen LogP contribution in [0.15, 0.2) is 24.5 Å². The number of anilines is 2. The first-order valence-electron chi connectivity index (χ1n) is 17.3. The van der Waals surface area contributed by atoms with E-state index in [4.69, 9.17) is 32.7 Å². The highest BCUT2D eigenvalue weighted by Crippen LogP contribution is 2.60. The predicted octanol–water partition coefficient (Wildman–Crippen LogP) is 7.50. The standard InChI is InChI=1S/C38H40Cl2N4O6/c1-19-15-41-33-27(49-21(3)45)11-25-31(29(19)33)23(13-39)17-43(25)35(47)37-5-8-38(9-6-37,10-7-37)36(48)44-18-24(14-40)32-26(44)12-28(50-22(4)46)34-30(32)20(2)16-42-34/h11-12,15-16,23-24,41-42H,5-10,13-14,17-18H2,1-4H3/t23-,24-,37?,38?/m1/s1. The number of H-pyrrole nitrogens is 2. The second-order valence-corrected chi connectivity index (χ2v) is 15.5. The second-order valence-electron chi connectivity index (χ2n) is 14.8. The molecule has 50 heavy (non-hydrogen) atoms. The number of benzene rings is 2. The lowest BCUT2D eigenvalue weighted by molar-refractivity contribution is -0.147. The van der Waals surface area contributed by atoms with Gasteiger partial charge in [-0.3, -0.25) is 19.2 Å². The lowest BCUT2D eigenvalue weighted by atomic mass is 9.53. The van der Waals surface area contributed by atoms with Crippen LogP contribution in [0.25, 0.3) is 21.8 Å². The van der Waals surface area contributed by atoms with E-state index >= 15 is 0 Å². The van der Waals surface area contributed by atoms with E-state index in [1.807, 2.05) is 36.0 Å². The van der Waals surface area contributed by atoms with Crippen LogP contribution in [0.4, 0.5) is 11.4 Å². The Morgan fingerprint density at radius 3 is 1.38 bits per heavy atom. The lowest BCUT2D eigenvalue weighted by Crippen LogP contribution is -2.56. The Labute approximate surface area is 299 Å². The van der Waals surface area contributed by atoms with Crippen molar-refractivity contribution in [2.24, 2.45) is 10.8 Å². The number of aromatic amines is 2. The van der Waals surface area contributed by atoms with Gasteiger partial charge in [0.25, 0.3) is 0 Å². The largest absolute Gasteiger partial charge is 0.424 e. The number of hydrogen-bond acceptors (Lipinski definition) is 6. The number of alkyl halides is 2. The molecule has 12 heteroatoms. The molecule has 2 N–H and O–H groups in total. The van der Waals surface area contributed by atoms with Crippen LogP contribution in [0, 0.1) is 24.7 Å². The van der Waals surface area contributed by atoms with Gasteiger partial charge in [0, 0.05) is 96.7 Å². The van der Waals surface area contributed by atoms with E-state index in [1.54, 1.807) is 12.1 Å². The summed E-state index contributed by atoms with van der Waals surface area (Å²) in [7, 11) is 0. The summed E-state index contributed by atoms with van der Waals surface area (Å²) >= 11 is 13.1. The number of fused-ring (bicyclic) bond motifs is 9. The highest BCUT2D eigenvalue weighted by molar-refractivity contribution is 6.20. The Morgan fingerprint density at radius 1 is 0.700 bits per heavy atom. The molecule has 2 bridgehead atoms. The van der Waals surface area contributed by atoms with E-state index in [9.17, 15) is 19.2 Å². The van der Waals surface area contributed by atoms with Crippen molar-refractivity contribution in [2.45, 2.75) is 78.1 Å². The Morgan fingerprint density at radius 2 is 1.06 bits per heavy atom. The molecule has 262 valence electrons. The Kier molecular flexibility index (Phi) is 7.80. The Hall–Kier alpha value is -4.02. The molecule has 0 unspecified atom stereocenters. The van der Waals surface area contributed by atoms with Crippen molar-refractivity contribution < 1.29 is 28.7 Å². The molecule has 4 heterocycles. The van der Waals surface area contributed by atoms with Gasteiger partial charge in [0.2, 0.25) is 11.8 Å². The molecule has 2 aliphatic heterocycles. The topological polar surface area (TPSA) is 125 Å². The van der Waals surface area contributed by atoms with Crippen LogP contribution in [0.1, 0.15) is 86.5 Å². The van der Waals surface area contributed by atoms with Crippen molar-refractivity contribution in [1.82, 2.24) is 9.97 Å². The van der Waals surface area contributed by atoms with Crippen LogP contribution < -0.4 is 19.3 Å². The van der Waals surface area contributed by atoms with E-state index in [0.717, 1.165) is 55.4 Å². The van der Waals surface area contributed by atoms with E-state index in [-0.39, 0.29) is 23.7 Å². The predicted molar refractivity (Wildman–Crippen MR) is 193 cm³/mol. The quantitative estimate of drug-likeness (QED) is 0.121. The van der Waals surface area contributed by atoms with Crippen molar-refractivity contribution in [3.05, 3.63) is 46.8 Å². The number of nitrogens with zero attached hydrogens (tertiary/aromatic N) is 2. The summed E-state index contributed by atoms with van der Waals surface area (Å²) < 4.78 is 11.3. The van der Waals surface area contributed by atoms with Crippen LogP contribution in [0.5, 0.6) is 11.5 Å². The highest BCUT2D eigenvalue weighted by Gasteiger charge is 2.58. The molecule has 2 aromatic carbocycles. The molecule has 3 fully saturated rings. The fraction of sp³-hybridized carbons (Fsp3) is 0.474. The number of halogens is 2. The molecular weight excluding hydrogens is 679 g/mol. The van der Waals surface area contributed by atoms with Crippen LogP contribution in [0.2, 0.25) is 0 Å². The molecular formula is C38H40Cl2N4O6. The third kappa shape index (κ3) is 4.74. The molecule has 2 aromatic heterocycles. The van der Waals surface area contributed by atoms with Gasteiger partial charge in [-0.05, 0) is 74.6 Å². The molecule has 9 rings (SSSR count). The molecule has 2 amide bonds. The summed E-state index contributed by atoms with van der Waals surface area (Å²) in [5.74, 6) is 0.591. The smallest absolute Gasteiger partial charge is 0.308 e. The van der Waals surface area contributed by atoms with Crippen molar-refractivity contribution >= 4 is 80.1 Å². The number of aryl methyl sites for hydroxylation is 2. The third-order valence-electron chi connectivity index (χ3n) is 12.0. The van der Waals surface area contributed by atoms with E-state index < -0.39 is 22.8 Å². The van der Waals surface area contributed by atoms with Crippen LogP contribution in [-0.4, -0.2) is 58.6 Å². The van der Waals surface area contributed by atoms with Crippen LogP contribution in [0.3, 0.4) is 0 Å². The molecule has 5 aliphatic rings. The minimum absolute atomic E-state index is 0.0542. The molecule has 2 atom stereocenters. The molecule has 0 saturated heterocycles. The van der Waals surface area contributed by atoms with Gasteiger partial charge in [0.1, 0.15) is 0 Å². The SMILES string of the molecule is CC(=O)Oc1cc2c(c3c(C)c[nH]c13)[C@H](CCl)CN2C(=O)C12CCC(C(=O)N3C[C@@H](CCl)c4c3cc(OC(C)=O)c3[nH]cc(C)c43)(CC1)CC2. The van der Waals surface area contributed by atoms with Crippen LogP contribution in [-0.2, 0) is 19.2 Å². The number of esters is 2. The van der Waals surface area contributed by atoms with Gasteiger partial charge >= 0.3 is 11.9 Å². The first kappa shape index (κ1) is 33.1. The molecule has 0 radical (unpaired) electrons. The van der Waals surface area contributed by atoms with Crippen molar-refractivity contribution in [2.75, 3.05) is 34.6 Å². The lowest BCUT2D eigenvalue weighted by Gasteiger charge is -2.53. The van der Waals surface area contributed by atoms with Gasteiger partial charge in [-0.1, -0.05) is 0 Å². The number of hydrogen-bond donors (Lipinski definition) is 2. The Balaban J connectivity index is 1.10. The minimum Gasteiger partial charge on any atom is -0.424 e. The van der Waals surface area contributed by atoms with Crippen molar-refractivity contribution in [1.29, 1.82) is 0 Å². The average Bonchev–Trinajstić information content (AvgIpc) is 3.87. The maximum Gasteiger partial charge on any atom is 0.308 e. The first-order valence-corrected chi connectivity index (χ1v) is 18.4. The molecule has 0 spiro atoms. The summed E-state index contributed by atoms with van der Waals surface area (Å²) in [6.45, 7) is 7.64. The minimum atomic E-state index is -0.595. The number of rotatable bonds is 6. The zero-order valence-corrected chi connectivity index (χ0v) is 30.1. The number of amides is 2. The third-order valence-corrected chi connectivity index (χ3v) is 12.7. The summed E-state index contributed by atoms with van der Waals surface area (Å²) in [5.41, 5.74) is 5.77. The number of ether oxygens (including phenoxy) is 2. The second kappa shape index (κ2) is 11.8. The summed E-state index contributed by atoms with van der Waals surface area (Å²) in [6.07, 6.45) is 7.39. The van der Waals surface area contributed by atoms with Gasteiger partial charge in [0.05, 0.1) is 22.4 Å². The zero-order valence-electron chi connectivity index (χ0n) is 28.6. The van der Waals surface area contributed by atoms with E-state index in [2.05, 4.69) is 9.97 Å². The zero-order chi connectivity index (χ0) is 35.3. The fourth-order valence-corrected chi connectivity index (χ4v) is 10.0. The number of carbonyl (C=O) groups excluding carboxylic acids is 4. The Bertz CT molecular complexity index is 1960. The number of aromatic nitrogens is 2. The monoisotopic (exact) mass is 718 g/mol. The van der Waals surface area contributed by atoms with Gasteiger partial charge in [-0.2, -0.15) is 0 Å². The molecule has 4 aromatic rings. The van der Waals surface area contributed by atoms with Crippen molar-refractivity contribution in [3.8, 4) is 11.5 Å². The number of carbonyl (C=O) groups is 4. The first-order chi connectivity index (χ1) is 23.9. The van der Waals surface area contributed by atoms with E-state index in [0.29, 0.717) is 74.9 Å². The summed E-state index contributed by atoms with van der Waals surface area (Å²) in [4.78, 5) is 63.8. The van der Waals surface area contributed by atoms with Gasteiger partial charge < -0.3 is 29.2 Å². The summed E-state index contributed by atoms with van der Waals surface area (Å²) in [5, 5.41) is 1.89.